The maximum absolute atomic E-state index is 12.0. The fourth-order valence-electron chi connectivity index (χ4n) is 2.24. The number of nitrogens with one attached hydrogen (secondary N) is 1. The lowest BCUT2D eigenvalue weighted by Crippen LogP contribution is -2.24. The van der Waals surface area contributed by atoms with E-state index in [2.05, 4.69) is 17.3 Å². The average molecular weight is 303 g/mol. The first-order valence-electron chi connectivity index (χ1n) is 7.49. The van der Waals surface area contributed by atoms with Crippen LogP contribution in [-0.2, 0) is 4.79 Å². The predicted octanol–water partition coefficient (Wildman–Crippen LogP) is 4.20. The van der Waals surface area contributed by atoms with Gasteiger partial charge in [0.15, 0.2) is 5.65 Å². The van der Waals surface area contributed by atoms with Crippen LogP contribution in [0, 0.1) is 4.64 Å². The van der Waals surface area contributed by atoms with Gasteiger partial charge in [-0.2, -0.15) is 0 Å². The molecular weight excluding hydrogens is 282 g/mol. The van der Waals surface area contributed by atoms with E-state index in [1.54, 1.807) is 16.9 Å². The molecule has 1 amide bonds. The van der Waals surface area contributed by atoms with Crippen molar-refractivity contribution in [2.24, 2.45) is 0 Å². The van der Waals surface area contributed by atoms with Gasteiger partial charge in [0.1, 0.15) is 4.64 Å². The van der Waals surface area contributed by atoms with Crippen LogP contribution < -0.4 is 5.43 Å². The molecule has 0 aromatic carbocycles. The number of hydrogen-bond donors (Lipinski definition) is 1. The summed E-state index contributed by atoms with van der Waals surface area (Å²) in [5.41, 5.74) is 3.54. The monoisotopic (exact) mass is 303 g/mol. The highest BCUT2D eigenvalue weighted by Crippen LogP contribution is 2.11. The van der Waals surface area contributed by atoms with Crippen molar-refractivity contribution in [3.63, 3.8) is 0 Å². The van der Waals surface area contributed by atoms with Crippen LogP contribution in [0.15, 0.2) is 30.5 Å². The van der Waals surface area contributed by atoms with Crippen LogP contribution in [0.4, 0.5) is 0 Å². The van der Waals surface area contributed by atoms with E-state index in [0.29, 0.717) is 16.7 Å². The Labute approximate surface area is 130 Å². The van der Waals surface area contributed by atoms with Crippen molar-refractivity contribution in [2.45, 2.75) is 45.4 Å². The van der Waals surface area contributed by atoms with E-state index >= 15 is 0 Å². The fraction of sp³-hybridized carbons (Fsp3) is 0.438. The predicted molar refractivity (Wildman–Crippen MR) is 88.3 cm³/mol. The summed E-state index contributed by atoms with van der Waals surface area (Å²) in [5.74, 6) is -0.0132. The Balaban J connectivity index is 2.01. The summed E-state index contributed by atoms with van der Waals surface area (Å²) in [7, 11) is 0. The Morgan fingerprint density at radius 3 is 2.86 bits per heavy atom. The first-order valence-corrected chi connectivity index (χ1v) is 7.90. The quantitative estimate of drug-likeness (QED) is 0.616. The molecule has 0 fully saturated rings. The molecule has 0 aliphatic heterocycles. The maximum atomic E-state index is 12.0. The van der Waals surface area contributed by atoms with Gasteiger partial charge in [0.25, 0.3) is 0 Å². The van der Waals surface area contributed by atoms with Crippen LogP contribution in [0.5, 0.6) is 0 Å². The minimum absolute atomic E-state index is 0.0132. The second kappa shape index (κ2) is 7.88. The van der Waals surface area contributed by atoms with Crippen molar-refractivity contribution < 1.29 is 4.79 Å². The standard InChI is InChI=1S/C16H21N3OS/c1-2-3-4-5-6-9-14(20)18-19-15(21)11-10-13-8-7-12-17-16(13)19/h7-8,10-12H,2-6,9H2,1H3,(H,18,20). The third-order valence-corrected chi connectivity index (χ3v) is 3.72. The van der Waals surface area contributed by atoms with Crippen molar-refractivity contribution in [3.05, 3.63) is 35.1 Å². The van der Waals surface area contributed by atoms with Gasteiger partial charge in [-0.05, 0) is 30.7 Å². The normalized spacial score (nSPS) is 10.7. The van der Waals surface area contributed by atoms with Gasteiger partial charge in [-0.1, -0.05) is 44.8 Å². The maximum Gasteiger partial charge on any atom is 0.238 e. The topological polar surface area (TPSA) is 46.9 Å². The summed E-state index contributed by atoms with van der Waals surface area (Å²) >= 11 is 5.28. The van der Waals surface area contributed by atoms with Crippen LogP contribution in [-0.4, -0.2) is 15.6 Å². The molecule has 0 radical (unpaired) electrons. The molecule has 112 valence electrons. The van der Waals surface area contributed by atoms with Gasteiger partial charge < -0.3 is 0 Å². The van der Waals surface area contributed by atoms with Crippen LogP contribution in [0.25, 0.3) is 11.0 Å². The van der Waals surface area contributed by atoms with Gasteiger partial charge in [0, 0.05) is 18.0 Å². The van der Waals surface area contributed by atoms with Crippen molar-refractivity contribution in [3.8, 4) is 0 Å². The smallest absolute Gasteiger partial charge is 0.238 e. The van der Waals surface area contributed by atoms with E-state index in [-0.39, 0.29) is 5.91 Å². The summed E-state index contributed by atoms with van der Waals surface area (Å²) in [6.07, 6.45) is 7.87. The van der Waals surface area contributed by atoms with Crippen LogP contribution in [0.3, 0.4) is 0 Å². The number of carbonyl (C=O) groups excluding carboxylic acids is 1. The van der Waals surface area contributed by atoms with E-state index in [0.717, 1.165) is 18.2 Å². The SMILES string of the molecule is CCCCCCCC(=O)Nn1c(=S)ccc2cccnc21. The first-order chi connectivity index (χ1) is 10.2. The summed E-state index contributed by atoms with van der Waals surface area (Å²) < 4.78 is 2.15. The Bertz CT molecular complexity index is 666. The Kier molecular flexibility index (Phi) is 5.87. The number of hydrogen-bond acceptors (Lipinski definition) is 3. The Morgan fingerprint density at radius 1 is 1.24 bits per heavy atom. The molecule has 0 aliphatic carbocycles. The summed E-state index contributed by atoms with van der Waals surface area (Å²) in [5, 5.41) is 0.953. The van der Waals surface area contributed by atoms with Gasteiger partial charge in [0.2, 0.25) is 5.91 Å². The molecule has 5 heteroatoms. The van der Waals surface area contributed by atoms with E-state index in [1.165, 1.54) is 19.3 Å². The summed E-state index contributed by atoms with van der Waals surface area (Å²) in [6, 6.07) is 7.54. The van der Waals surface area contributed by atoms with Crippen molar-refractivity contribution in [1.82, 2.24) is 9.66 Å². The van der Waals surface area contributed by atoms with Crippen LogP contribution in [0.1, 0.15) is 45.4 Å². The largest absolute Gasteiger partial charge is 0.273 e. The molecule has 2 aromatic heterocycles. The second-order valence-corrected chi connectivity index (χ2v) is 5.54. The summed E-state index contributed by atoms with van der Waals surface area (Å²) in [6.45, 7) is 2.18. The van der Waals surface area contributed by atoms with E-state index < -0.39 is 0 Å². The highest BCUT2D eigenvalue weighted by molar-refractivity contribution is 7.71. The zero-order chi connectivity index (χ0) is 15.1. The first kappa shape index (κ1) is 15.6. The molecule has 0 unspecified atom stereocenters. The Hall–Kier alpha value is -1.75. The number of aromatic nitrogens is 2. The van der Waals surface area contributed by atoms with Gasteiger partial charge in [-0.15, -0.1) is 0 Å². The molecule has 2 aromatic rings. The molecule has 1 N–H and O–H groups in total. The highest BCUT2D eigenvalue weighted by atomic mass is 32.1. The Morgan fingerprint density at radius 2 is 2.05 bits per heavy atom. The minimum Gasteiger partial charge on any atom is -0.273 e. The lowest BCUT2D eigenvalue weighted by molar-refractivity contribution is -0.117. The molecule has 0 saturated heterocycles. The van der Waals surface area contributed by atoms with E-state index in [4.69, 9.17) is 12.2 Å². The zero-order valence-electron chi connectivity index (χ0n) is 12.3. The zero-order valence-corrected chi connectivity index (χ0v) is 13.2. The second-order valence-electron chi connectivity index (χ2n) is 5.12. The number of fused-ring (bicyclic) bond motifs is 1. The number of pyridine rings is 2. The van der Waals surface area contributed by atoms with Gasteiger partial charge in [-0.25, -0.2) is 9.66 Å². The molecular formula is C16H21N3OS. The van der Waals surface area contributed by atoms with Gasteiger partial charge >= 0.3 is 0 Å². The molecule has 21 heavy (non-hydrogen) atoms. The molecule has 0 bridgehead atoms. The van der Waals surface area contributed by atoms with Crippen molar-refractivity contribution >= 4 is 29.2 Å². The lowest BCUT2D eigenvalue weighted by Gasteiger charge is -2.11. The van der Waals surface area contributed by atoms with E-state index in [9.17, 15) is 4.79 Å². The van der Waals surface area contributed by atoms with Gasteiger partial charge in [0.05, 0.1) is 0 Å². The number of unbranched alkanes of at least 4 members (excludes halogenated alkanes) is 4. The average Bonchev–Trinajstić information content (AvgIpc) is 2.50. The van der Waals surface area contributed by atoms with E-state index in [1.807, 2.05) is 18.2 Å². The van der Waals surface area contributed by atoms with Crippen molar-refractivity contribution in [2.75, 3.05) is 5.43 Å². The fourth-order valence-corrected chi connectivity index (χ4v) is 2.44. The lowest BCUT2D eigenvalue weighted by atomic mass is 10.1. The highest BCUT2D eigenvalue weighted by Gasteiger charge is 2.06. The molecule has 4 nitrogen and oxygen atoms in total. The number of rotatable bonds is 7. The third-order valence-electron chi connectivity index (χ3n) is 3.40. The molecule has 0 spiro atoms. The number of nitrogens with zero attached hydrogens (tertiary/aromatic N) is 2. The van der Waals surface area contributed by atoms with Crippen LogP contribution in [0.2, 0.25) is 0 Å². The molecule has 0 aliphatic rings. The molecule has 0 atom stereocenters. The number of carbonyl (C=O) groups is 1. The van der Waals surface area contributed by atoms with Gasteiger partial charge in [-0.3, -0.25) is 10.2 Å². The number of amides is 1. The molecule has 2 heterocycles. The summed E-state index contributed by atoms with van der Waals surface area (Å²) in [4.78, 5) is 16.3. The molecule has 0 saturated carbocycles. The third kappa shape index (κ3) is 4.36. The van der Waals surface area contributed by atoms with Crippen molar-refractivity contribution in [1.29, 1.82) is 0 Å². The molecule has 2 rings (SSSR count). The minimum atomic E-state index is -0.0132. The van der Waals surface area contributed by atoms with Crippen LogP contribution >= 0.6 is 12.2 Å².